The van der Waals surface area contributed by atoms with E-state index in [1.165, 1.54) is 6.20 Å². The Bertz CT molecular complexity index is 985. The second kappa shape index (κ2) is 6.72. The van der Waals surface area contributed by atoms with Gasteiger partial charge in [0.05, 0.1) is 47.6 Å². The average molecular weight is 351 g/mol. The first-order chi connectivity index (χ1) is 12.7. The normalized spacial score (nSPS) is 21.2. The molecule has 8 heteroatoms. The zero-order chi connectivity index (χ0) is 18.1. The minimum atomic E-state index is -0.343. The van der Waals surface area contributed by atoms with E-state index >= 15 is 0 Å². The van der Waals surface area contributed by atoms with Crippen LogP contribution in [0.3, 0.4) is 0 Å². The minimum absolute atomic E-state index is 0.0274. The van der Waals surface area contributed by atoms with E-state index in [0.29, 0.717) is 11.3 Å². The van der Waals surface area contributed by atoms with Gasteiger partial charge in [-0.3, -0.25) is 9.67 Å². The molecule has 3 N–H and O–H groups in total. The number of nitrogens with two attached hydrogens (primary N) is 1. The highest BCUT2D eigenvalue weighted by atomic mass is 16.3. The monoisotopic (exact) mass is 351 g/mol. The van der Waals surface area contributed by atoms with Gasteiger partial charge in [-0.15, -0.1) is 0 Å². The van der Waals surface area contributed by atoms with Crippen LogP contribution in [-0.2, 0) is 0 Å². The maximum atomic E-state index is 10.1. The lowest BCUT2D eigenvalue weighted by atomic mass is 10.1. The number of aliphatic hydroxyl groups is 1. The molecule has 3 heterocycles. The van der Waals surface area contributed by atoms with Crippen molar-refractivity contribution in [1.29, 1.82) is 0 Å². The Morgan fingerprint density at radius 2 is 2.23 bits per heavy atom. The van der Waals surface area contributed by atoms with Crippen LogP contribution in [0.5, 0.6) is 0 Å². The quantitative estimate of drug-likeness (QED) is 0.696. The van der Waals surface area contributed by atoms with Gasteiger partial charge in [0.2, 0.25) is 0 Å². The highest BCUT2D eigenvalue weighted by Gasteiger charge is 2.27. The van der Waals surface area contributed by atoms with Crippen LogP contribution in [0.2, 0.25) is 0 Å². The maximum absolute atomic E-state index is 10.1. The molecule has 1 aliphatic carbocycles. The standard InChI is InChI=1S/C18H21N7O/c1-20-8-12(7-19)14-11-25-16(5-6-21-25)18(23-14)13-9-22-24(10-13)15-3-2-4-17(15)26/h5-11,15,17,26H,2-4,19H2,1H3. The molecule has 3 aromatic heterocycles. The molecular formula is C18H21N7O. The number of rotatable bonds is 4. The molecule has 0 amide bonds. The Morgan fingerprint density at radius 3 is 2.96 bits per heavy atom. The molecule has 134 valence electrons. The molecule has 0 aromatic carbocycles. The Morgan fingerprint density at radius 1 is 1.35 bits per heavy atom. The number of nitrogens with zero attached hydrogens (tertiary/aromatic N) is 6. The number of allylic oxidation sites excluding steroid dienone is 1. The second-order valence-electron chi connectivity index (χ2n) is 6.42. The number of hydrogen-bond acceptors (Lipinski definition) is 6. The third-order valence-corrected chi connectivity index (χ3v) is 4.79. The van der Waals surface area contributed by atoms with Crippen molar-refractivity contribution in [1.82, 2.24) is 24.4 Å². The Kier molecular flexibility index (Phi) is 4.26. The molecule has 0 radical (unpaired) electrons. The van der Waals surface area contributed by atoms with Gasteiger partial charge in [0, 0.05) is 36.8 Å². The van der Waals surface area contributed by atoms with Gasteiger partial charge in [-0.2, -0.15) is 10.2 Å². The van der Waals surface area contributed by atoms with E-state index in [0.717, 1.165) is 36.0 Å². The van der Waals surface area contributed by atoms with E-state index < -0.39 is 0 Å². The number of aliphatic imine (C=N–C) groups is 1. The van der Waals surface area contributed by atoms with E-state index in [2.05, 4.69) is 15.2 Å². The predicted octanol–water partition coefficient (Wildman–Crippen LogP) is 1.68. The molecule has 2 atom stereocenters. The first-order valence-electron chi connectivity index (χ1n) is 8.62. The molecule has 0 aliphatic heterocycles. The summed E-state index contributed by atoms with van der Waals surface area (Å²) >= 11 is 0. The molecule has 1 fully saturated rings. The van der Waals surface area contributed by atoms with Crippen LogP contribution in [0.4, 0.5) is 0 Å². The van der Waals surface area contributed by atoms with Crippen molar-refractivity contribution in [2.45, 2.75) is 31.4 Å². The molecule has 3 aromatic rings. The Balaban J connectivity index is 1.81. The molecule has 1 saturated carbocycles. The van der Waals surface area contributed by atoms with Gasteiger partial charge < -0.3 is 10.8 Å². The summed E-state index contributed by atoms with van der Waals surface area (Å²) in [5, 5.41) is 18.9. The van der Waals surface area contributed by atoms with E-state index in [1.807, 2.05) is 23.1 Å². The smallest absolute Gasteiger partial charge is 0.0999 e. The number of fused-ring (bicyclic) bond motifs is 1. The van der Waals surface area contributed by atoms with E-state index in [-0.39, 0.29) is 12.1 Å². The third kappa shape index (κ3) is 2.78. The molecule has 0 saturated heterocycles. The van der Waals surface area contributed by atoms with Gasteiger partial charge in [-0.1, -0.05) is 0 Å². The molecule has 8 nitrogen and oxygen atoms in total. The van der Waals surface area contributed by atoms with Crippen molar-refractivity contribution in [3.63, 3.8) is 0 Å². The largest absolute Gasteiger partial charge is 0.404 e. The fourth-order valence-corrected chi connectivity index (χ4v) is 3.48. The van der Waals surface area contributed by atoms with Crippen molar-refractivity contribution >= 4 is 17.3 Å². The van der Waals surface area contributed by atoms with Gasteiger partial charge in [-0.25, -0.2) is 9.50 Å². The Labute approximate surface area is 150 Å². The van der Waals surface area contributed by atoms with Crippen LogP contribution < -0.4 is 5.73 Å². The lowest BCUT2D eigenvalue weighted by Crippen LogP contribution is -2.18. The summed E-state index contributed by atoms with van der Waals surface area (Å²) < 4.78 is 3.62. The average Bonchev–Trinajstić information content (AvgIpc) is 3.38. The van der Waals surface area contributed by atoms with Crippen LogP contribution in [0.1, 0.15) is 31.0 Å². The molecule has 2 unspecified atom stereocenters. The summed E-state index contributed by atoms with van der Waals surface area (Å²) in [6, 6.07) is 1.94. The highest BCUT2D eigenvalue weighted by Crippen LogP contribution is 2.31. The van der Waals surface area contributed by atoms with Crippen molar-refractivity contribution in [2.24, 2.45) is 10.7 Å². The molecular weight excluding hydrogens is 330 g/mol. The number of aliphatic hydroxyl groups excluding tert-OH is 1. The van der Waals surface area contributed by atoms with Gasteiger partial charge in [0.1, 0.15) is 0 Å². The zero-order valence-electron chi connectivity index (χ0n) is 14.5. The van der Waals surface area contributed by atoms with Crippen molar-refractivity contribution in [3.8, 4) is 11.3 Å². The summed E-state index contributed by atoms with van der Waals surface area (Å²) in [7, 11) is 1.69. The fourth-order valence-electron chi connectivity index (χ4n) is 3.48. The summed E-state index contributed by atoms with van der Waals surface area (Å²) in [5.41, 5.74) is 9.65. The molecule has 4 rings (SSSR count). The van der Waals surface area contributed by atoms with Gasteiger partial charge in [0.25, 0.3) is 0 Å². The van der Waals surface area contributed by atoms with Crippen molar-refractivity contribution < 1.29 is 5.11 Å². The van der Waals surface area contributed by atoms with E-state index in [4.69, 9.17) is 10.7 Å². The van der Waals surface area contributed by atoms with E-state index in [9.17, 15) is 5.11 Å². The first kappa shape index (κ1) is 16.5. The third-order valence-electron chi connectivity index (χ3n) is 4.79. The van der Waals surface area contributed by atoms with Crippen LogP contribution >= 0.6 is 0 Å². The van der Waals surface area contributed by atoms with Crippen LogP contribution in [-0.4, -0.2) is 48.9 Å². The highest BCUT2D eigenvalue weighted by molar-refractivity contribution is 6.09. The molecule has 0 bridgehead atoms. The van der Waals surface area contributed by atoms with Crippen LogP contribution in [0.15, 0.2) is 42.0 Å². The second-order valence-corrected chi connectivity index (χ2v) is 6.42. The lowest BCUT2D eigenvalue weighted by molar-refractivity contribution is 0.130. The van der Waals surface area contributed by atoms with Crippen molar-refractivity contribution in [2.75, 3.05) is 7.05 Å². The zero-order valence-corrected chi connectivity index (χ0v) is 14.5. The van der Waals surface area contributed by atoms with Crippen LogP contribution in [0.25, 0.3) is 22.3 Å². The lowest BCUT2D eigenvalue weighted by Gasteiger charge is -2.14. The summed E-state index contributed by atoms with van der Waals surface area (Å²) in [6.45, 7) is 0. The number of aromatic nitrogens is 5. The summed E-state index contributed by atoms with van der Waals surface area (Å²) in [5.74, 6) is 0. The first-order valence-corrected chi connectivity index (χ1v) is 8.62. The molecule has 26 heavy (non-hydrogen) atoms. The van der Waals surface area contributed by atoms with Crippen molar-refractivity contribution in [3.05, 3.63) is 42.7 Å². The van der Waals surface area contributed by atoms with E-state index in [1.54, 1.807) is 30.2 Å². The van der Waals surface area contributed by atoms with Gasteiger partial charge >= 0.3 is 0 Å². The predicted molar refractivity (Wildman–Crippen MR) is 99.7 cm³/mol. The topological polar surface area (TPSA) is 107 Å². The minimum Gasteiger partial charge on any atom is -0.404 e. The summed E-state index contributed by atoms with van der Waals surface area (Å²) in [6.07, 6.45) is 12.9. The van der Waals surface area contributed by atoms with Crippen LogP contribution in [0, 0.1) is 0 Å². The molecule has 1 aliphatic rings. The maximum Gasteiger partial charge on any atom is 0.0999 e. The van der Waals surface area contributed by atoms with Gasteiger partial charge in [0.15, 0.2) is 0 Å². The fraction of sp³-hybridized carbons (Fsp3) is 0.333. The SMILES string of the molecule is CN=CC(=CN)c1cn2nccc2c(-c2cnn(C3CCCC3O)c2)n1. The number of hydrogen-bond donors (Lipinski definition) is 2. The summed E-state index contributed by atoms with van der Waals surface area (Å²) in [4.78, 5) is 8.81. The Hall–Kier alpha value is -3.00. The molecule has 0 spiro atoms. The van der Waals surface area contributed by atoms with Gasteiger partial charge in [-0.05, 0) is 25.3 Å².